The summed E-state index contributed by atoms with van der Waals surface area (Å²) in [5, 5.41) is 3.02. The number of nitrogens with zero attached hydrogens (tertiary/aromatic N) is 2. The van der Waals surface area contributed by atoms with Crippen LogP contribution in [0.2, 0.25) is 0 Å². The van der Waals surface area contributed by atoms with E-state index in [0.717, 1.165) is 27.3 Å². The van der Waals surface area contributed by atoms with Gasteiger partial charge in [-0.25, -0.2) is 8.42 Å². The lowest BCUT2D eigenvalue weighted by Crippen LogP contribution is -2.56. The molecule has 40 heavy (non-hydrogen) atoms. The van der Waals surface area contributed by atoms with Crippen LogP contribution < -0.4 is 14.4 Å². The topological polar surface area (TPSA) is 96.0 Å². The van der Waals surface area contributed by atoms with E-state index in [1.165, 1.54) is 4.90 Å². The second-order valence-corrected chi connectivity index (χ2v) is 12.8. The van der Waals surface area contributed by atoms with Crippen LogP contribution in [0.15, 0.2) is 78.9 Å². The number of methoxy groups -OCH3 is 1. The van der Waals surface area contributed by atoms with Gasteiger partial charge < -0.3 is 15.0 Å². The van der Waals surface area contributed by atoms with Crippen molar-refractivity contribution in [1.82, 2.24) is 10.2 Å². The van der Waals surface area contributed by atoms with E-state index in [0.29, 0.717) is 11.4 Å². The number of sulfonamides is 1. The van der Waals surface area contributed by atoms with Gasteiger partial charge in [0, 0.05) is 18.5 Å². The molecule has 3 rings (SSSR count). The van der Waals surface area contributed by atoms with E-state index in [2.05, 4.69) is 5.32 Å². The molecule has 0 unspecified atom stereocenters. The summed E-state index contributed by atoms with van der Waals surface area (Å²) in [6.45, 7) is 7.15. The Morgan fingerprint density at radius 2 is 1.55 bits per heavy atom. The molecule has 0 aliphatic carbocycles. The van der Waals surface area contributed by atoms with Crippen LogP contribution in [-0.4, -0.2) is 56.6 Å². The van der Waals surface area contributed by atoms with Crippen LogP contribution in [0.1, 0.15) is 37.5 Å². The SMILES string of the molecule is COc1cccc(CN(C(=O)CN(c2ccc(C)cc2)S(C)(=O)=O)[C@H](Cc2ccccc2)C(=O)NC(C)(C)C)c1. The minimum absolute atomic E-state index is 0.0800. The van der Waals surface area contributed by atoms with E-state index in [-0.39, 0.29) is 18.9 Å². The van der Waals surface area contributed by atoms with Crippen molar-refractivity contribution in [3.05, 3.63) is 95.6 Å². The number of anilines is 1. The number of hydrogen-bond acceptors (Lipinski definition) is 5. The highest BCUT2D eigenvalue weighted by Crippen LogP contribution is 2.22. The largest absolute Gasteiger partial charge is 0.497 e. The van der Waals surface area contributed by atoms with E-state index in [4.69, 9.17) is 4.74 Å². The van der Waals surface area contributed by atoms with Gasteiger partial charge in [0.25, 0.3) is 0 Å². The van der Waals surface area contributed by atoms with E-state index in [9.17, 15) is 18.0 Å². The standard InChI is InChI=1S/C31H39N3O5S/c1-23-15-17-26(18-16-23)34(40(6,37)38)22-29(35)33(21-25-13-10-14-27(19-25)39-5)28(30(36)32-31(2,3)4)20-24-11-8-7-9-12-24/h7-19,28H,20-22H2,1-6H3,(H,32,36)/t28-/m1/s1. The average molecular weight is 566 g/mol. The van der Waals surface area contributed by atoms with E-state index < -0.39 is 34.1 Å². The monoisotopic (exact) mass is 565 g/mol. The molecule has 0 aliphatic rings. The summed E-state index contributed by atoms with van der Waals surface area (Å²) < 4.78 is 32.2. The smallest absolute Gasteiger partial charge is 0.244 e. The molecule has 0 saturated carbocycles. The Bertz CT molecular complexity index is 1400. The zero-order chi connectivity index (χ0) is 29.5. The first-order valence-electron chi connectivity index (χ1n) is 13.1. The summed E-state index contributed by atoms with van der Waals surface area (Å²) in [5.41, 5.74) is 2.41. The van der Waals surface area contributed by atoms with Crippen LogP contribution in [0.25, 0.3) is 0 Å². The molecular formula is C31H39N3O5S. The van der Waals surface area contributed by atoms with Crippen LogP contribution in [0.4, 0.5) is 5.69 Å². The Morgan fingerprint density at radius 3 is 2.12 bits per heavy atom. The first-order chi connectivity index (χ1) is 18.8. The number of hydrogen-bond donors (Lipinski definition) is 1. The Hall–Kier alpha value is -3.85. The second-order valence-electron chi connectivity index (χ2n) is 10.9. The average Bonchev–Trinajstić information content (AvgIpc) is 2.89. The van der Waals surface area contributed by atoms with Gasteiger partial charge in [0.05, 0.1) is 19.1 Å². The normalized spacial score (nSPS) is 12.3. The summed E-state index contributed by atoms with van der Waals surface area (Å²) in [5.74, 6) is -0.214. The molecule has 8 nitrogen and oxygen atoms in total. The number of benzene rings is 3. The van der Waals surface area contributed by atoms with Gasteiger partial charge in [0.1, 0.15) is 18.3 Å². The van der Waals surface area contributed by atoms with Crippen molar-refractivity contribution in [3.8, 4) is 5.75 Å². The fourth-order valence-electron chi connectivity index (χ4n) is 4.30. The number of rotatable bonds is 11. The molecule has 9 heteroatoms. The third-order valence-corrected chi connectivity index (χ3v) is 7.40. The maximum atomic E-state index is 14.1. The van der Waals surface area contributed by atoms with Crippen molar-refractivity contribution in [1.29, 1.82) is 0 Å². The fraction of sp³-hybridized carbons (Fsp3) is 0.355. The van der Waals surface area contributed by atoms with Gasteiger partial charge in [-0.1, -0.05) is 60.2 Å². The van der Waals surface area contributed by atoms with E-state index in [1.807, 2.05) is 70.2 Å². The number of carbonyl (C=O) groups is 2. The second kappa shape index (κ2) is 13.0. The molecule has 0 aromatic heterocycles. The zero-order valence-corrected chi connectivity index (χ0v) is 24.9. The molecule has 214 valence electrons. The molecule has 3 aromatic rings. The van der Waals surface area contributed by atoms with Crippen molar-refractivity contribution in [2.24, 2.45) is 0 Å². The molecule has 0 heterocycles. The Balaban J connectivity index is 2.08. The van der Waals surface area contributed by atoms with Crippen LogP contribution in [0.3, 0.4) is 0 Å². The minimum atomic E-state index is -3.81. The fourth-order valence-corrected chi connectivity index (χ4v) is 5.15. The quantitative estimate of drug-likeness (QED) is 0.374. The number of amides is 2. The lowest BCUT2D eigenvalue weighted by atomic mass is 10.0. The third kappa shape index (κ3) is 8.84. The van der Waals surface area contributed by atoms with Crippen LogP contribution in [0.5, 0.6) is 5.75 Å². The van der Waals surface area contributed by atoms with E-state index in [1.54, 1.807) is 43.5 Å². The molecule has 0 bridgehead atoms. The van der Waals surface area contributed by atoms with Crippen molar-refractivity contribution in [3.63, 3.8) is 0 Å². The van der Waals surface area contributed by atoms with Crippen molar-refractivity contribution in [2.75, 3.05) is 24.2 Å². The molecule has 1 atom stereocenters. The van der Waals surface area contributed by atoms with Crippen molar-refractivity contribution >= 4 is 27.5 Å². The molecule has 3 aromatic carbocycles. The number of ether oxygens (including phenoxy) is 1. The number of nitrogens with one attached hydrogen (secondary N) is 1. The van der Waals surface area contributed by atoms with Crippen LogP contribution in [-0.2, 0) is 32.6 Å². The van der Waals surface area contributed by atoms with Crippen LogP contribution >= 0.6 is 0 Å². The summed E-state index contributed by atoms with van der Waals surface area (Å²) in [7, 11) is -2.25. The van der Waals surface area contributed by atoms with Gasteiger partial charge in [0.2, 0.25) is 21.8 Å². The molecule has 1 N–H and O–H groups in total. The molecule has 0 spiro atoms. The molecule has 2 amide bonds. The summed E-state index contributed by atoms with van der Waals surface area (Å²) in [6.07, 6.45) is 1.32. The first kappa shape index (κ1) is 30.7. The molecule has 0 fully saturated rings. The Morgan fingerprint density at radius 1 is 0.925 bits per heavy atom. The highest BCUT2D eigenvalue weighted by atomic mass is 32.2. The lowest BCUT2D eigenvalue weighted by molar-refractivity contribution is -0.140. The molecule has 0 aliphatic heterocycles. The first-order valence-corrected chi connectivity index (χ1v) is 14.9. The third-order valence-electron chi connectivity index (χ3n) is 6.26. The van der Waals surface area contributed by atoms with Crippen LogP contribution in [0, 0.1) is 6.92 Å². The lowest BCUT2D eigenvalue weighted by Gasteiger charge is -2.35. The van der Waals surface area contributed by atoms with Gasteiger partial charge >= 0.3 is 0 Å². The maximum Gasteiger partial charge on any atom is 0.244 e. The molecule has 0 radical (unpaired) electrons. The zero-order valence-electron chi connectivity index (χ0n) is 24.0. The summed E-state index contributed by atoms with van der Waals surface area (Å²) in [6, 6.07) is 22.7. The van der Waals surface area contributed by atoms with Gasteiger partial charge in [0.15, 0.2) is 0 Å². The Labute approximate surface area is 238 Å². The summed E-state index contributed by atoms with van der Waals surface area (Å²) >= 11 is 0. The van der Waals surface area contributed by atoms with Crippen molar-refractivity contribution < 1.29 is 22.7 Å². The molecule has 0 saturated heterocycles. The van der Waals surface area contributed by atoms with E-state index >= 15 is 0 Å². The van der Waals surface area contributed by atoms with Crippen molar-refractivity contribution in [2.45, 2.75) is 52.2 Å². The Kier molecular flexibility index (Phi) is 9.98. The number of aryl methyl sites for hydroxylation is 1. The summed E-state index contributed by atoms with van der Waals surface area (Å²) in [4.78, 5) is 29.3. The van der Waals surface area contributed by atoms with Gasteiger partial charge in [-0.2, -0.15) is 0 Å². The van der Waals surface area contributed by atoms with Gasteiger partial charge in [-0.3, -0.25) is 13.9 Å². The predicted octanol–water partition coefficient (Wildman–Crippen LogP) is 4.32. The predicted molar refractivity (Wildman–Crippen MR) is 159 cm³/mol. The van der Waals surface area contributed by atoms with Gasteiger partial charge in [-0.05, 0) is 63.1 Å². The van der Waals surface area contributed by atoms with Gasteiger partial charge in [-0.15, -0.1) is 0 Å². The minimum Gasteiger partial charge on any atom is -0.497 e. The highest BCUT2D eigenvalue weighted by molar-refractivity contribution is 7.92. The molecular weight excluding hydrogens is 526 g/mol. The maximum absolute atomic E-state index is 14.1. The number of carbonyl (C=O) groups excluding carboxylic acids is 2. The highest BCUT2D eigenvalue weighted by Gasteiger charge is 2.34.